The van der Waals surface area contributed by atoms with E-state index in [1.807, 2.05) is 0 Å². The van der Waals surface area contributed by atoms with Crippen LogP contribution in [0, 0.1) is 0 Å². The number of sulfone groups is 1. The number of hydrogen-bond donors (Lipinski definition) is 1. The molecular weight excluding hydrogens is 422 g/mol. The molecule has 0 radical (unpaired) electrons. The van der Waals surface area contributed by atoms with Crippen molar-refractivity contribution in [2.24, 2.45) is 0 Å². The lowest BCUT2D eigenvalue weighted by Gasteiger charge is -2.12. The summed E-state index contributed by atoms with van der Waals surface area (Å²) < 4.78 is 54.4. The number of hydrogen-bond acceptors (Lipinski definition) is 7. The molecule has 160 valence electrons. The van der Waals surface area contributed by atoms with Gasteiger partial charge >= 0.3 is 6.03 Å². The van der Waals surface area contributed by atoms with E-state index in [9.17, 15) is 26.8 Å². The molecule has 0 atom stereocenters. The second-order valence-electron chi connectivity index (χ2n) is 6.45. The molecule has 2 heterocycles. The number of benzene rings is 1. The predicted octanol–water partition coefficient (Wildman–Crippen LogP) is 1.19. The summed E-state index contributed by atoms with van der Waals surface area (Å²) in [6.45, 7) is -0.770. The lowest BCUT2D eigenvalue weighted by molar-refractivity contribution is -0.118. The highest BCUT2D eigenvalue weighted by Crippen LogP contribution is 2.20. The summed E-state index contributed by atoms with van der Waals surface area (Å²) in [6.07, 6.45) is 0.243. The Morgan fingerprint density at radius 3 is 2.53 bits per heavy atom. The van der Waals surface area contributed by atoms with Crippen LogP contribution in [0.25, 0.3) is 0 Å². The van der Waals surface area contributed by atoms with Crippen molar-refractivity contribution in [1.82, 2.24) is 20.2 Å². The molecule has 1 aromatic heterocycles. The largest absolute Gasteiger partial charge is 0.488 e. The average Bonchev–Trinajstić information content (AvgIpc) is 3.03. The fraction of sp³-hybridized carbons (Fsp3) is 0.333. The molecule has 0 bridgehead atoms. The number of carbonyl (C=O) groups is 2. The number of amides is 3. The van der Waals surface area contributed by atoms with Crippen LogP contribution < -0.4 is 10.1 Å². The summed E-state index contributed by atoms with van der Waals surface area (Å²) in [5.74, 6) is -0.606. The number of aryl methyl sites for hydroxylation is 1. The van der Waals surface area contributed by atoms with Crippen molar-refractivity contribution in [2.45, 2.75) is 24.3 Å². The number of carbonyl (C=O) groups excluding carboxylic acids is 2. The van der Waals surface area contributed by atoms with Gasteiger partial charge in [0, 0.05) is 12.6 Å². The van der Waals surface area contributed by atoms with Crippen LogP contribution in [0.3, 0.4) is 0 Å². The average molecular weight is 440 g/mol. The van der Waals surface area contributed by atoms with Gasteiger partial charge in [-0.2, -0.15) is 0 Å². The van der Waals surface area contributed by atoms with Gasteiger partial charge < -0.3 is 9.64 Å². The van der Waals surface area contributed by atoms with Crippen LogP contribution in [0.2, 0.25) is 0 Å². The van der Waals surface area contributed by atoms with Crippen molar-refractivity contribution in [3.05, 3.63) is 48.0 Å². The van der Waals surface area contributed by atoms with E-state index in [4.69, 9.17) is 4.74 Å². The van der Waals surface area contributed by atoms with E-state index in [1.54, 1.807) is 0 Å². The standard InChI is InChI=1S/C18H18F2N4O5S/c19-16(20)11-29-14-2-1-3-15(6-14)30(27,28)5-4-12-7-22-13(8-21-12)9-24-10-17(25)23-18(24)26/h1-3,6-8,16H,4-5,9-11H2,(H,23,25,26). The van der Waals surface area contributed by atoms with Crippen LogP contribution in [-0.2, 0) is 27.6 Å². The highest BCUT2D eigenvalue weighted by Gasteiger charge is 2.26. The van der Waals surface area contributed by atoms with Gasteiger partial charge in [0.2, 0.25) is 5.91 Å². The first kappa shape index (κ1) is 21.6. The Morgan fingerprint density at radius 2 is 1.90 bits per heavy atom. The summed E-state index contributed by atoms with van der Waals surface area (Å²) >= 11 is 0. The number of halogens is 2. The quantitative estimate of drug-likeness (QED) is 0.582. The van der Waals surface area contributed by atoms with Crippen molar-refractivity contribution >= 4 is 21.8 Å². The molecule has 1 aromatic carbocycles. The third kappa shape index (κ3) is 5.69. The Bertz CT molecular complexity index is 1030. The van der Waals surface area contributed by atoms with E-state index in [2.05, 4.69) is 15.3 Å². The van der Waals surface area contributed by atoms with Gasteiger partial charge in [0.25, 0.3) is 6.43 Å². The van der Waals surface area contributed by atoms with Gasteiger partial charge in [-0.05, 0) is 18.2 Å². The molecule has 1 saturated heterocycles. The molecule has 2 aromatic rings. The molecular formula is C18H18F2N4O5S. The van der Waals surface area contributed by atoms with Crippen LogP contribution in [0.5, 0.6) is 5.75 Å². The first-order valence-electron chi connectivity index (χ1n) is 8.85. The molecule has 0 spiro atoms. The summed E-state index contributed by atoms with van der Waals surface area (Å²) in [4.78, 5) is 32.3. The number of alkyl halides is 2. The maximum absolute atomic E-state index is 12.5. The maximum atomic E-state index is 12.5. The van der Waals surface area contributed by atoms with Crippen LogP contribution in [0.1, 0.15) is 11.4 Å². The van der Waals surface area contributed by atoms with Gasteiger partial charge in [0.05, 0.1) is 34.8 Å². The van der Waals surface area contributed by atoms with E-state index in [1.165, 1.54) is 41.6 Å². The summed E-state index contributed by atoms with van der Waals surface area (Å²) in [5.41, 5.74) is 0.879. The highest BCUT2D eigenvalue weighted by atomic mass is 32.2. The third-order valence-corrected chi connectivity index (χ3v) is 5.86. The smallest absolute Gasteiger partial charge is 0.324 e. The summed E-state index contributed by atoms with van der Waals surface area (Å²) in [7, 11) is -3.70. The van der Waals surface area contributed by atoms with Crippen molar-refractivity contribution in [3.63, 3.8) is 0 Å². The molecule has 3 amide bonds. The second-order valence-corrected chi connectivity index (χ2v) is 8.56. The molecule has 0 unspecified atom stereocenters. The van der Waals surface area contributed by atoms with Crippen molar-refractivity contribution in [1.29, 1.82) is 0 Å². The Morgan fingerprint density at radius 1 is 1.17 bits per heavy atom. The van der Waals surface area contributed by atoms with Gasteiger partial charge in [-0.25, -0.2) is 22.0 Å². The Hall–Kier alpha value is -3.15. The molecule has 0 aliphatic carbocycles. The predicted molar refractivity (Wildman–Crippen MR) is 99.7 cm³/mol. The zero-order chi connectivity index (χ0) is 21.7. The van der Waals surface area contributed by atoms with Gasteiger partial charge in [-0.3, -0.25) is 20.1 Å². The van der Waals surface area contributed by atoms with E-state index in [0.717, 1.165) is 0 Å². The summed E-state index contributed by atoms with van der Waals surface area (Å²) in [6, 6.07) is 4.88. The molecule has 1 aliphatic heterocycles. The summed E-state index contributed by atoms with van der Waals surface area (Å²) in [5, 5.41) is 2.16. The second kappa shape index (κ2) is 9.11. The molecule has 1 aliphatic rings. The first-order chi connectivity index (χ1) is 14.2. The van der Waals surface area contributed by atoms with Gasteiger partial charge in [-0.1, -0.05) is 6.07 Å². The van der Waals surface area contributed by atoms with Crippen molar-refractivity contribution in [3.8, 4) is 5.75 Å². The number of nitrogens with one attached hydrogen (secondary N) is 1. The van der Waals surface area contributed by atoms with Crippen LogP contribution >= 0.6 is 0 Å². The van der Waals surface area contributed by atoms with Gasteiger partial charge in [-0.15, -0.1) is 0 Å². The minimum absolute atomic E-state index is 0.0384. The normalized spacial score (nSPS) is 14.3. The molecule has 1 N–H and O–H groups in total. The molecule has 9 nitrogen and oxygen atoms in total. The molecule has 30 heavy (non-hydrogen) atoms. The van der Waals surface area contributed by atoms with Crippen LogP contribution in [0.4, 0.5) is 13.6 Å². The zero-order valence-corrected chi connectivity index (χ0v) is 16.4. The van der Waals surface area contributed by atoms with Crippen molar-refractivity contribution < 1.29 is 31.5 Å². The van der Waals surface area contributed by atoms with E-state index in [0.29, 0.717) is 11.4 Å². The van der Waals surface area contributed by atoms with E-state index < -0.39 is 34.8 Å². The monoisotopic (exact) mass is 440 g/mol. The molecule has 12 heteroatoms. The Balaban J connectivity index is 1.58. The van der Waals surface area contributed by atoms with Gasteiger partial charge in [0.15, 0.2) is 9.84 Å². The lowest BCUT2D eigenvalue weighted by atomic mass is 10.3. The zero-order valence-electron chi connectivity index (χ0n) is 15.6. The number of imide groups is 1. The van der Waals surface area contributed by atoms with Crippen LogP contribution in [-0.4, -0.2) is 60.6 Å². The van der Waals surface area contributed by atoms with Crippen LogP contribution in [0.15, 0.2) is 41.6 Å². The number of ether oxygens (including phenoxy) is 1. The highest BCUT2D eigenvalue weighted by molar-refractivity contribution is 7.91. The topological polar surface area (TPSA) is 119 Å². The van der Waals surface area contributed by atoms with E-state index >= 15 is 0 Å². The molecule has 0 saturated carbocycles. The SMILES string of the molecule is O=C1CN(Cc2cnc(CCS(=O)(=O)c3cccc(OCC(F)F)c3)cn2)C(=O)N1. The first-order valence-corrected chi connectivity index (χ1v) is 10.5. The maximum Gasteiger partial charge on any atom is 0.324 e. The third-order valence-electron chi connectivity index (χ3n) is 4.15. The number of aromatic nitrogens is 2. The molecule has 1 fully saturated rings. The van der Waals surface area contributed by atoms with E-state index in [-0.39, 0.29) is 35.9 Å². The number of rotatable bonds is 9. The minimum Gasteiger partial charge on any atom is -0.488 e. The number of nitrogens with zero attached hydrogens (tertiary/aromatic N) is 3. The Kier molecular flexibility index (Phi) is 6.55. The lowest BCUT2D eigenvalue weighted by Crippen LogP contribution is -2.28. The minimum atomic E-state index is -3.70. The number of urea groups is 1. The fourth-order valence-corrected chi connectivity index (χ4v) is 3.97. The van der Waals surface area contributed by atoms with Gasteiger partial charge in [0.1, 0.15) is 18.9 Å². The Labute approximate surface area is 171 Å². The fourth-order valence-electron chi connectivity index (χ4n) is 2.67. The van der Waals surface area contributed by atoms with Crippen molar-refractivity contribution in [2.75, 3.05) is 18.9 Å². The molecule has 3 rings (SSSR count).